The van der Waals surface area contributed by atoms with Crippen LogP contribution in [0.1, 0.15) is 37.3 Å². The van der Waals surface area contributed by atoms with Crippen LogP contribution < -0.4 is 0 Å². The molecule has 2 atom stereocenters. The van der Waals surface area contributed by atoms with Gasteiger partial charge in [-0.15, -0.1) is 0 Å². The highest BCUT2D eigenvalue weighted by Gasteiger charge is 2.40. The van der Waals surface area contributed by atoms with Gasteiger partial charge in [0, 0.05) is 18.0 Å². The average molecular weight is 281 g/mol. The number of β-amino-alcohol motifs (C(OH)–C–C–N with tert-alkyl or cyclic N) is 1. The van der Waals surface area contributed by atoms with E-state index in [1.165, 1.54) is 4.90 Å². The van der Waals surface area contributed by atoms with E-state index in [-0.39, 0.29) is 30.4 Å². The molecular formula is C15H17F2NO2. The normalized spacial score (nSPS) is 26.6. The third-order valence-corrected chi connectivity index (χ3v) is 4.33. The Balaban J connectivity index is 1.89. The van der Waals surface area contributed by atoms with Gasteiger partial charge in [-0.3, -0.25) is 4.79 Å². The molecule has 2 aliphatic rings. The van der Waals surface area contributed by atoms with Crippen LogP contribution in [-0.4, -0.2) is 28.6 Å². The second-order valence-electron chi connectivity index (χ2n) is 5.69. The summed E-state index contributed by atoms with van der Waals surface area (Å²) >= 11 is 0. The summed E-state index contributed by atoms with van der Waals surface area (Å²) in [5.74, 6) is -1.11. The zero-order valence-corrected chi connectivity index (χ0v) is 11.1. The molecule has 0 spiro atoms. The molecule has 1 heterocycles. The van der Waals surface area contributed by atoms with Gasteiger partial charge in [0.25, 0.3) is 0 Å². The van der Waals surface area contributed by atoms with E-state index in [2.05, 4.69) is 0 Å². The zero-order valence-electron chi connectivity index (χ0n) is 11.1. The smallest absolute Gasteiger partial charge is 0.226 e. The van der Waals surface area contributed by atoms with E-state index in [4.69, 9.17) is 0 Å². The average Bonchev–Trinajstić information content (AvgIpc) is 2.72. The monoisotopic (exact) mass is 281 g/mol. The quantitative estimate of drug-likeness (QED) is 0.904. The second-order valence-corrected chi connectivity index (χ2v) is 5.69. The topological polar surface area (TPSA) is 40.5 Å². The Morgan fingerprint density at radius 1 is 1.30 bits per heavy atom. The summed E-state index contributed by atoms with van der Waals surface area (Å²) in [7, 11) is 0. The number of nitrogens with zero attached hydrogens (tertiary/aromatic N) is 1. The molecule has 5 heteroatoms. The zero-order chi connectivity index (χ0) is 14.3. The van der Waals surface area contributed by atoms with Crippen molar-refractivity contribution >= 4 is 5.91 Å². The van der Waals surface area contributed by atoms with E-state index in [0.717, 1.165) is 37.5 Å². The first-order chi connectivity index (χ1) is 9.56. The lowest BCUT2D eigenvalue weighted by Crippen LogP contribution is -2.39. The number of carbonyl (C=O) groups excluding carboxylic acids is 1. The lowest BCUT2D eigenvalue weighted by molar-refractivity contribution is -0.139. The SMILES string of the molecule is O=C(C1CCC1)N1CC(O)CC1c1cc(F)ccc1F. The van der Waals surface area contributed by atoms with Crippen LogP contribution in [0, 0.1) is 17.6 Å². The number of halogens is 2. The molecule has 1 aromatic rings. The van der Waals surface area contributed by atoms with Crippen molar-refractivity contribution in [2.24, 2.45) is 5.92 Å². The second kappa shape index (κ2) is 5.13. The van der Waals surface area contributed by atoms with Crippen LogP contribution in [0.2, 0.25) is 0 Å². The van der Waals surface area contributed by atoms with Crippen LogP contribution in [0.15, 0.2) is 18.2 Å². The molecule has 0 radical (unpaired) electrons. The van der Waals surface area contributed by atoms with Gasteiger partial charge in [0.15, 0.2) is 0 Å². The molecule has 20 heavy (non-hydrogen) atoms. The summed E-state index contributed by atoms with van der Waals surface area (Å²) in [4.78, 5) is 13.9. The van der Waals surface area contributed by atoms with Gasteiger partial charge in [0.05, 0.1) is 12.1 Å². The Kier molecular flexibility index (Phi) is 3.46. The van der Waals surface area contributed by atoms with Crippen molar-refractivity contribution in [3.8, 4) is 0 Å². The van der Waals surface area contributed by atoms with Gasteiger partial charge in [-0.2, -0.15) is 0 Å². The highest BCUT2D eigenvalue weighted by Crippen LogP contribution is 2.38. The third kappa shape index (κ3) is 2.30. The Bertz CT molecular complexity index is 531. The van der Waals surface area contributed by atoms with Crippen molar-refractivity contribution in [3.63, 3.8) is 0 Å². The molecule has 1 aromatic carbocycles. The Morgan fingerprint density at radius 3 is 2.70 bits per heavy atom. The molecule has 2 fully saturated rings. The van der Waals surface area contributed by atoms with Crippen molar-refractivity contribution in [2.45, 2.75) is 37.8 Å². The fourth-order valence-electron chi connectivity index (χ4n) is 3.01. The molecule has 1 saturated heterocycles. The fourth-order valence-corrected chi connectivity index (χ4v) is 3.01. The summed E-state index contributed by atoms with van der Waals surface area (Å²) in [6.07, 6.45) is 2.32. The van der Waals surface area contributed by atoms with Crippen molar-refractivity contribution in [1.29, 1.82) is 0 Å². The minimum atomic E-state index is -0.674. The Labute approximate surface area is 116 Å². The molecule has 3 rings (SSSR count). The van der Waals surface area contributed by atoms with Gasteiger partial charge in [-0.05, 0) is 37.5 Å². The maximum atomic E-state index is 13.9. The number of carbonyl (C=O) groups is 1. The number of aliphatic hydroxyl groups excluding tert-OH is 1. The molecule has 3 nitrogen and oxygen atoms in total. The van der Waals surface area contributed by atoms with E-state index < -0.39 is 23.8 Å². The van der Waals surface area contributed by atoms with Crippen LogP contribution in [0.25, 0.3) is 0 Å². The van der Waals surface area contributed by atoms with E-state index in [0.29, 0.717) is 0 Å². The lowest BCUT2D eigenvalue weighted by Gasteiger charge is -2.32. The summed E-state index contributed by atoms with van der Waals surface area (Å²) in [5, 5.41) is 9.80. The van der Waals surface area contributed by atoms with Crippen LogP contribution in [0.5, 0.6) is 0 Å². The van der Waals surface area contributed by atoms with E-state index in [9.17, 15) is 18.7 Å². The van der Waals surface area contributed by atoms with Crippen LogP contribution >= 0.6 is 0 Å². The predicted molar refractivity (Wildman–Crippen MR) is 68.8 cm³/mol. The maximum absolute atomic E-state index is 13.9. The molecule has 108 valence electrons. The highest BCUT2D eigenvalue weighted by molar-refractivity contribution is 5.80. The molecular weight excluding hydrogens is 264 g/mol. The van der Waals surface area contributed by atoms with Gasteiger partial charge >= 0.3 is 0 Å². The van der Waals surface area contributed by atoms with E-state index in [1.807, 2.05) is 0 Å². The number of amides is 1. The van der Waals surface area contributed by atoms with Gasteiger partial charge in [-0.25, -0.2) is 8.78 Å². The largest absolute Gasteiger partial charge is 0.391 e. The number of hydrogen-bond donors (Lipinski definition) is 1. The van der Waals surface area contributed by atoms with E-state index in [1.54, 1.807) is 0 Å². The predicted octanol–water partition coefficient (Wildman–Crippen LogP) is 2.40. The molecule has 1 aliphatic heterocycles. The molecule has 1 saturated carbocycles. The third-order valence-electron chi connectivity index (χ3n) is 4.33. The fraction of sp³-hybridized carbons (Fsp3) is 0.533. The summed E-state index contributed by atoms with van der Waals surface area (Å²) in [6, 6.07) is 2.69. The van der Waals surface area contributed by atoms with Gasteiger partial charge < -0.3 is 10.0 Å². The number of benzene rings is 1. The van der Waals surface area contributed by atoms with Crippen LogP contribution in [-0.2, 0) is 4.79 Å². The first-order valence-electron chi connectivity index (χ1n) is 6.99. The van der Waals surface area contributed by atoms with Crippen molar-refractivity contribution in [3.05, 3.63) is 35.4 Å². The van der Waals surface area contributed by atoms with Crippen LogP contribution in [0.4, 0.5) is 8.78 Å². The standard InChI is InChI=1S/C15H17F2NO2/c16-10-4-5-13(17)12(6-10)14-7-11(19)8-18(14)15(20)9-2-1-3-9/h4-6,9,11,14,19H,1-3,7-8H2. The molecule has 2 unspecified atom stereocenters. The summed E-state index contributed by atoms with van der Waals surface area (Å²) in [5.41, 5.74) is 0.161. The summed E-state index contributed by atoms with van der Waals surface area (Å²) in [6.45, 7) is 0.204. The molecule has 1 amide bonds. The minimum absolute atomic E-state index is 0.0144. The van der Waals surface area contributed by atoms with Gasteiger partial charge in [-0.1, -0.05) is 6.42 Å². The first-order valence-corrected chi connectivity index (χ1v) is 6.99. The van der Waals surface area contributed by atoms with Gasteiger partial charge in [0.1, 0.15) is 11.6 Å². The Morgan fingerprint density at radius 2 is 2.05 bits per heavy atom. The first kappa shape index (κ1) is 13.5. The number of rotatable bonds is 2. The van der Waals surface area contributed by atoms with Crippen molar-refractivity contribution < 1.29 is 18.7 Å². The number of aliphatic hydroxyl groups is 1. The summed E-state index contributed by atoms with van der Waals surface area (Å²) < 4.78 is 27.2. The highest BCUT2D eigenvalue weighted by atomic mass is 19.1. The molecule has 0 bridgehead atoms. The molecule has 1 aliphatic carbocycles. The van der Waals surface area contributed by atoms with Crippen molar-refractivity contribution in [2.75, 3.05) is 6.54 Å². The van der Waals surface area contributed by atoms with Gasteiger partial charge in [0.2, 0.25) is 5.91 Å². The Hall–Kier alpha value is -1.49. The minimum Gasteiger partial charge on any atom is -0.391 e. The number of hydrogen-bond acceptors (Lipinski definition) is 2. The maximum Gasteiger partial charge on any atom is 0.226 e. The molecule has 1 N–H and O–H groups in total. The number of likely N-dealkylation sites (tertiary alicyclic amines) is 1. The lowest BCUT2D eigenvalue weighted by atomic mass is 9.84. The van der Waals surface area contributed by atoms with E-state index >= 15 is 0 Å². The van der Waals surface area contributed by atoms with Crippen molar-refractivity contribution in [1.82, 2.24) is 4.90 Å². The molecule has 0 aromatic heterocycles. The van der Waals surface area contributed by atoms with Crippen LogP contribution in [0.3, 0.4) is 0 Å².